The van der Waals surface area contributed by atoms with Crippen LogP contribution < -0.4 is 0 Å². The van der Waals surface area contributed by atoms with Crippen LogP contribution in [0.3, 0.4) is 0 Å². The highest BCUT2D eigenvalue weighted by Crippen LogP contribution is 2.19. The monoisotopic (exact) mass is 175 g/mol. The summed E-state index contributed by atoms with van der Waals surface area (Å²) in [6.07, 6.45) is 1.98. The minimum absolute atomic E-state index is 0.339. The fourth-order valence-electron chi connectivity index (χ4n) is 1.42. The topological polar surface area (TPSA) is 3.24 Å². The molecule has 0 aliphatic rings. The maximum absolute atomic E-state index is 3.86. The van der Waals surface area contributed by atoms with E-state index in [1.165, 1.54) is 5.56 Å². The van der Waals surface area contributed by atoms with Gasteiger partial charge in [0, 0.05) is 0 Å². The quantitative estimate of drug-likeness (QED) is 0.636. The molecule has 0 radical (unpaired) electrons. The second-order valence-corrected chi connectivity index (χ2v) is 3.16. The summed E-state index contributed by atoms with van der Waals surface area (Å²) in [7, 11) is 2.11. The predicted octanol–water partition coefficient (Wildman–Crippen LogP) is 2.87. The van der Waals surface area contributed by atoms with E-state index in [0.717, 1.165) is 6.54 Å². The molecule has 0 fully saturated rings. The van der Waals surface area contributed by atoms with E-state index in [1.807, 2.05) is 12.1 Å². The van der Waals surface area contributed by atoms with E-state index in [4.69, 9.17) is 0 Å². The van der Waals surface area contributed by atoms with Crippen molar-refractivity contribution in [3.8, 4) is 0 Å². The third-order valence-corrected chi connectivity index (χ3v) is 2.34. The summed E-state index contributed by atoms with van der Waals surface area (Å²) in [6, 6.07) is 10.8. The van der Waals surface area contributed by atoms with E-state index in [1.54, 1.807) is 0 Å². The van der Waals surface area contributed by atoms with Crippen LogP contribution in [0.5, 0.6) is 0 Å². The first kappa shape index (κ1) is 10.0. The van der Waals surface area contributed by atoms with E-state index >= 15 is 0 Å². The third-order valence-electron chi connectivity index (χ3n) is 2.34. The normalized spacial score (nSPS) is 12.8. The van der Waals surface area contributed by atoms with Crippen molar-refractivity contribution in [3.63, 3.8) is 0 Å². The standard InChI is InChI=1S/C12H17N/c1-4-12(13(3)5-2)11-9-7-6-8-10-11/h4,6-10,12H,1,5H2,2-3H3. The molecule has 1 aromatic rings. The molecule has 70 valence electrons. The zero-order valence-corrected chi connectivity index (χ0v) is 8.40. The van der Waals surface area contributed by atoms with Crippen LogP contribution in [-0.2, 0) is 0 Å². The van der Waals surface area contributed by atoms with Crippen LogP contribution in [0.1, 0.15) is 18.5 Å². The summed E-state index contributed by atoms with van der Waals surface area (Å²) in [6.45, 7) is 7.05. The lowest BCUT2D eigenvalue weighted by Gasteiger charge is -2.23. The molecule has 13 heavy (non-hydrogen) atoms. The number of hydrogen-bond acceptors (Lipinski definition) is 1. The van der Waals surface area contributed by atoms with Crippen LogP contribution in [0.25, 0.3) is 0 Å². The first-order valence-electron chi connectivity index (χ1n) is 4.67. The molecule has 0 bridgehead atoms. The molecular formula is C12H17N. The van der Waals surface area contributed by atoms with Gasteiger partial charge >= 0.3 is 0 Å². The van der Waals surface area contributed by atoms with Gasteiger partial charge in [-0.05, 0) is 19.2 Å². The van der Waals surface area contributed by atoms with Gasteiger partial charge in [-0.15, -0.1) is 6.58 Å². The largest absolute Gasteiger partial charge is 0.296 e. The van der Waals surface area contributed by atoms with Crippen molar-refractivity contribution < 1.29 is 0 Å². The van der Waals surface area contributed by atoms with Crippen molar-refractivity contribution in [3.05, 3.63) is 48.6 Å². The number of hydrogen-bond donors (Lipinski definition) is 0. The third kappa shape index (κ3) is 2.43. The Balaban J connectivity index is 2.84. The molecule has 0 heterocycles. The Morgan fingerprint density at radius 1 is 1.38 bits per heavy atom. The Kier molecular flexibility index (Phi) is 3.71. The number of benzene rings is 1. The van der Waals surface area contributed by atoms with Crippen LogP contribution in [0.15, 0.2) is 43.0 Å². The maximum atomic E-state index is 3.86. The average molecular weight is 175 g/mol. The van der Waals surface area contributed by atoms with Gasteiger partial charge < -0.3 is 0 Å². The molecule has 0 aliphatic heterocycles. The molecule has 1 heteroatoms. The molecule has 0 N–H and O–H groups in total. The van der Waals surface area contributed by atoms with Crippen LogP contribution in [0, 0.1) is 0 Å². The van der Waals surface area contributed by atoms with Gasteiger partial charge in [0.05, 0.1) is 6.04 Å². The number of rotatable bonds is 4. The summed E-state index contributed by atoms with van der Waals surface area (Å²) in [4.78, 5) is 2.27. The molecule has 1 atom stereocenters. The van der Waals surface area contributed by atoms with Gasteiger partial charge in [0.2, 0.25) is 0 Å². The zero-order chi connectivity index (χ0) is 9.68. The smallest absolute Gasteiger partial charge is 0.0526 e. The first-order valence-corrected chi connectivity index (χ1v) is 4.67. The van der Waals surface area contributed by atoms with E-state index < -0.39 is 0 Å². The first-order chi connectivity index (χ1) is 6.29. The van der Waals surface area contributed by atoms with Gasteiger partial charge in [0.25, 0.3) is 0 Å². The van der Waals surface area contributed by atoms with Gasteiger partial charge in [0.1, 0.15) is 0 Å². The molecule has 0 aromatic heterocycles. The molecule has 0 saturated carbocycles. The van der Waals surface area contributed by atoms with Crippen LogP contribution >= 0.6 is 0 Å². The Morgan fingerprint density at radius 2 is 2.00 bits per heavy atom. The zero-order valence-electron chi connectivity index (χ0n) is 8.40. The number of likely N-dealkylation sites (N-methyl/N-ethyl adjacent to an activating group) is 1. The van der Waals surface area contributed by atoms with E-state index in [-0.39, 0.29) is 0 Å². The minimum Gasteiger partial charge on any atom is -0.296 e. The minimum atomic E-state index is 0.339. The summed E-state index contributed by atoms with van der Waals surface area (Å²) < 4.78 is 0. The maximum Gasteiger partial charge on any atom is 0.0526 e. The lowest BCUT2D eigenvalue weighted by Crippen LogP contribution is -2.22. The van der Waals surface area contributed by atoms with Gasteiger partial charge in [-0.1, -0.05) is 43.3 Å². The van der Waals surface area contributed by atoms with Crippen molar-refractivity contribution in [2.45, 2.75) is 13.0 Å². The fourth-order valence-corrected chi connectivity index (χ4v) is 1.42. The van der Waals surface area contributed by atoms with E-state index in [9.17, 15) is 0 Å². The summed E-state index contributed by atoms with van der Waals surface area (Å²) in [5.74, 6) is 0. The lowest BCUT2D eigenvalue weighted by molar-refractivity contribution is 0.302. The van der Waals surface area contributed by atoms with Gasteiger partial charge in [0.15, 0.2) is 0 Å². The molecule has 0 spiro atoms. The van der Waals surface area contributed by atoms with Gasteiger partial charge in [-0.3, -0.25) is 4.90 Å². The molecular weight excluding hydrogens is 158 g/mol. The molecule has 1 aromatic carbocycles. The Labute approximate surface area is 80.7 Å². The lowest BCUT2D eigenvalue weighted by atomic mass is 10.1. The van der Waals surface area contributed by atoms with Crippen molar-refractivity contribution in [1.29, 1.82) is 0 Å². The average Bonchev–Trinajstić information content (AvgIpc) is 2.20. The van der Waals surface area contributed by atoms with Crippen LogP contribution in [0.2, 0.25) is 0 Å². The second kappa shape index (κ2) is 4.83. The molecule has 0 amide bonds. The predicted molar refractivity (Wildman–Crippen MR) is 57.7 cm³/mol. The van der Waals surface area contributed by atoms with Crippen LogP contribution in [-0.4, -0.2) is 18.5 Å². The van der Waals surface area contributed by atoms with Crippen molar-refractivity contribution in [2.24, 2.45) is 0 Å². The highest BCUT2D eigenvalue weighted by molar-refractivity contribution is 5.22. The Morgan fingerprint density at radius 3 is 2.46 bits per heavy atom. The van der Waals surface area contributed by atoms with Crippen molar-refractivity contribution in [2.75, 3.05) is 13.6 Å². The summed E-state index contributed by atoms with van der Waals surface area (Å²) in [5.41, 5.74) is 1.31. The van der Waals surface area contributed by atoms with Crippen LogP contribution in [0.4, 0.5) is 0 Å². The number of nitrogens with zero attached hydrogens (tertiary/aromatic N) is 1. The van der Waals surface area contributed by atoms with Crippen molar-refractivity contribution in [1.82, 2.24) is 4.90 Å². The van der Waals surface area contributed by atoms with Gasteiger partial charge in [-0.2, -0.15) is 0 Å². The molecule has 0 aliphatic carbocycles. The Bertz CT molecular complexity index is 253. The van der Waals surface area contributed by atoms with Crippen molar-refractivity contribution >= 4 is 0 Å². The molecule has 1 rings (SSSR count). The summed E-state index contributed by atoms with van der Waals surface area (Å²) >= 11 is 0. The second-order valence-electron chi connectivity index (χ2n) is 3.16. The van der Waals surface area contributed by atoms with Gasteiger partial charge in [-0.25, -0.2) is 0 Å². The van der Waals surface area contributed by atoms with E-state index in [0.29, 0.717) is 6.04 Å². The Hall–Kier alpha value is -1.08. The summed E-state index contributed by atoms with van der Waals surface area (Å²) in [5, 5.41) is 0. The highest BCUT2D eigenvalue weighted by atomic mass is 15.1. The molecule has 1 unspecified atom stereocenters. The SMILES string of the molecule is C=CC(c1ccccc1)N(C)CC. The highest BCUT2D eigenvalue weighted by Gasteiger charge is 2.10. The van der Waals surface area contributed by atoms with E-state index in [2.05, 4.69) is 49.7 Å². The fraction of sp³-hybridized carbons (Fsp3) is 0.333. The molecule has 1 nitrogen and oxygen atoms in total. The molecule has 0 saturated heterocycles.